The van der Waals surface area contributed by atoms with Crippen LogP contribution in [0.25, 0.3) is 5.95 Å². The van der Waals surface area contributed by atoms with Gasteiger partial charge in [0.15, 0.2) is 5.16 Å². The van der Waals surface area contributed by atoms with Crippen LogP contribution >= 0.6 is 23.4 Å². The largest absolute Gasteiger partial charge is 0.384 e. The molecule has 0 saturated heterocycles. The maximum Gasteiger partial charge on any atom is 0.257 e. The zero-order valence-electron chi connectivity index (χ0n) is 8.95. The molecule has 0 aliphatic carbocycles. The van der Waals surface area contributed by atoms with Crippen LogP contribution in [0.2, 0.25) is 5.28 Å². The summed E-state index contributed by atoms with van der Waals surface area (Å²) in [6.07, 6.45) is 2.89. The van der Waals surface area contributed by atoms with Gasteiger partial charge in [-0.3, -0.25) is 0 Å². The fourth-order valence-corrected chi connectivity index (χ4v) is 1.95. The predicted molar refractivity (Wildman–Crippen MR) is 62.4 cm³/mol. The zero-order valence-corrected chi connectivity index (χ0v) is 10.5. The summed E-state index contributed by atoms with van der Waals surface area (Å²) >= 11 is 7.25. The molecular formula is C8H9ClN6OS. The van der Waals surface area contributed by atoms with E-state index in [0.29, 0.717) is 17.7 Å². The van der Waals surface area contributed by atoms with Crippen LogP contribution in [0.15, 0.2) is 17.8 Å². The Kier molecular flexibility index (Phi) is 4.24. The van der Waals surface area contributed by atoms with Crippen molar-refractivity contribution in [3.05, 3.63) is 17.9 Å². The van der Waals surface area contributed by atoms with Crippen molar-refractivity contribution in [1.82, 2.24) is 29.7 Å². The van der Waals surface area contributed by atoms with Crippen LogP contribution in [0, 0.1) is 0 Å². The van der Waals surface area contributed by atoms with Gasteiger partial charge in [0.1, 0.15) is 12.7 Å². The van der Waals surface area contributed by atoms with Gasteiger partial charge in [0.2, 0.25) is 5.28 Å². The maximum absolute atomic E-state index is 5.81. The van der Waals surface area contributed by atoms with Crippen LogP contribution in [0.5, 0.6) is 0 Å². The molecule has 0 saturated carbocycles. The van der Waals surface area contributed by atoms with Crippen LogP contribution < -0.4 is 0 Å². The van der Waals surface area contributed by atoms with Gasteiger partial charge < -0.3 is 4.74 Å². The fourth-order valence-electron chi connectivity index (χ4n) is 1.02. The third kappa shape index (κ3) is 3.35. The van der Waals surface area contributed by atoms with E-state index < -0.39 is 0 Å². The molecule has 2 heterocycles. The van der Waals surface area contributed by atoms with E-state index >= 15 is 0 Å². The summed E-state index contributed by atoms with van der Waals surface area (Å²) in [5, 5.41) is 4.59. The lowest BCUT2D eigenvalue weighted by molar-refractivity contribution is 0.218. The third-order valence-electron chi connectivity index (χ3n) is 1.72. The molecule has 0 unspecified atom stereocenters. The molecule has 0 amide bonds. The lowest BCUT2D eigenvalue weighted by Gasteiger charge is -2.02. The minimum Gasteiger partial charge on any atom is -0.384 e. The van der Waals surface area contributed by atoms with E-state index in [1.165, 1.54) is 29.1 Å². The summed E-state index contributed by atoms with van der Waals surface area (Å²) in [5.74, 6) is 1.09. The molecule has 2 aromatic heterocycles. The lowest BCUT2D eigenvalue weighted by Crippen LogP contribution is -2.05. The van der Waals surface area contributed by atoms with Gasteiger partial charge in [-0.15, -0.1) is 0 Å². The van der Waals surface area contributed by atoms with Crippen molar-refractivity contribution in [2.75, 3.05) is 19.5 Å². The molecule has 0 aliphatic heterocycles. The highest BCUT2D eigenvalue weighted by Crippen LogP contribution is 2.15. The third-order valence-corrected chi connectivity index (χ3v) is 2.70. The van der Waals surface area contributed by atoms with Crippen molar-refractivity contribution >= 4 is 23.4 Å². The number of methoxy groups -OCH3 is 1. The molecular weight excluding hydrogens is 264 g/mol. The van der Waals surface area contributed by atoms with Gasteiger partial charge in [-0.25, -0.2) is 4.98 Å². The number of hydrogen-bond acceptors (Lipinski definition) is 7. The Morgan fingerprint density at radius 3 is 3.00 bits per heavy atom. The Hall–Kier alpha value is -1.25. The van der Waals surface area contributed by atoms with Gasteiger partial charge in [-0.05, 0) is 11.6 Å². The van der Waals surface area contributed by atoms with E-state index in [1.54, 1.807) is 7.11 Å². The van der Waals surface area contributed by atoms with E-state index in [-0.39, 0.29) is 5.28 Å². The summed E-state index contributed by atoms with van der Waals surface area (Å²) in [4.78, 5) is 16.0. The Bertz CT molecular complexity index is 479. The summed E-state index contributed by atoms with van der Waals surface area (Å²) in [6.45, 7) is 0.618. The maximum atomic E-state index is 5.81. The molecule has 90 valence electrons. The van der Waals surface area contributed by atoms with Gasteiger partial charge in [0.05, 0.1) is 6.61 Å². The second-order valence-corrected chi connectivity index (χ2v) is 4.27. The molecule has 0 aliphatic rings. The van der Waals surface area contributed by atoms with Gasteiger partial charge in [-0.1, -0.05) is 11.8 Å². The van der Waals surface area contributed by atoms with Crippen molar-refractivity contribution in [2.45, 2.75) is 5.16 Å². The predicted octanol–water partition coefficient (Wildman–Crippen LogP) is 0.844. The summed E-state index contributed by atoms with van der Waals surface area (Å²) in [6, 6.07) is 0. The summed E-state index contributed by atoms with van der Waals surface area (Å²) in [5.41, 5.74) is 0. The molecule has 0 aromatic carbocycles. The number of thioether (sulfide) groups is 1. The number of ether oxygens (including phenoxy) is 1. The van der Waals surface area contributed by atoms with E-state index in [2.05, 4.69) is 25.0 Å². The average Bonchev–Trinajstić information content (AvgIpc) is 2.82. The van der Waals surface area contributed by atoms with E-state index in [0.717, 1.165) is 5.75 Å². The molecule has 0 spiro atoms. The Morgan fingerprint density at radius 2 is 2.29 bits per heavy atom. The Balaban J connectivity index is 2.18. The van der Waals surface area contributed by atoms with Crippen LogP contribution in [0.1, 0.15) is 0 Å². The number of rotatable bonds is 5. The molecule has 2 aromatic rings. The highest BCUT2D eigenvalue weighted by atomic mass is 35.5. The minimum atomic E-state index is 0.130. The second-order valence-electron chi connectivity index (χ2n) is 2.87. The van der Waals surface area contributed by atoms with Crippen molar-refractivity contribution in [2.24, 2.45) is 0 Å². The van der Waals surface area contributed by atoms with Crippen LogP contribution in [0.4, 0.5) is 0 Å². The molecule has 9 heteroatoms. The normalized spacial score (nSPS) is 10.7. The lowest BCUT2D eigenvalue weighted by atomic mass is 10.9. The number of hydrogen-bond donors (Lipinski definition) is 0. The highest BCUT2D eigenvalue weighted by molar-refractivity contribution is 7.99. The van der Waals surface area contributed by atoms with Gasteiger partial charge in [0, 0.05) is 12.9 Å². The number of halogens is 1. The van der Waals surface area contributed by atoms with E-state index in [4.69, 9.17) is 16.3 Å². The van der Waals surface area contributed by atoms with Gasteiger partial charge in [-0.2, -0.15) is 24.7 Å². The van der Waals surface area contributed by atoms with Crippen molar-refractivity contribution in [3.63, 3.8) is 0 Å². The molecule has 0 bridgehead atoms. The monoisotopic (exact) mass is 272 g/mol. The smallest absolute Gasteiger partial charge is 0.257 e. The van der Waals surface area contributed by atoms with Crippen LogP contribution in [-0.2, 0) is 4.74 Å². The molecule has 0 atom stereocenters. The molecule has 17 heavy (non-hydrogen) atoms. The summed E-state index contributed by atoms with van der Waals surface area (Å²) in [7, 11) is 1.64. The summed E-state index contributed by atoms with van der Waals surface area (Å²) < 4.78 is 6.37. The fraction of sp³-hybridized carbons (Fsp3) is 0.375. The van der Waals surface area contributed by atoms with E-state index in [1.807, 2.05) is 0 Å². The molecule has 0 N–H and O–H groups in total. The molecule has 7 nitrogen and oxygen atoms in total. The number of nitrogens with zero attached hydrogens (tertiary/aromatic N) is 6. The van der Waals surface area contributed by atoms with Crippen LogP contribution in [0.3, 0.4) is 0 Å². The van der Waals surface area contributed by atoms with Crippen molar-refractivity contribution < 1.29 is 4.74 Å². The highest BCUT2D eigenvalue weighted by Gasteiger charge is 2.07. The zero-order chi connectivity index (χ0) is 12.1. The molecule has 0 radical (unpaired) electrons. The van der Waals surface area contributed by atoms with Crippen molar-refractivity contribution in [1.29, 1.82) is 0 Å². The standard InChI is InChI=1S/C8H9ClN6OS/c1-16-2-3-17-8-13-6(9)12-7(14-8)15-5-10-4-11-15/h4-5H,2-3H2,1H3. The number of aromatic nitrogens is 6. The quantitative estimate of drug-likeness (QED) is 0.589. The SMILES string of the molecule is COCCSc1nc(Cl)nc(-n2cncn2)n1. The topological polar surface area (TPSA) is 78.6 Å². The average molecular weight is 273 g/mol. The van der Waals surface area contributed by atoms with Gasteiger partial charge >= 0.3 is 0 Å². The minimum absolute atomic E-state index is 0.130. The molecule has 0 fully saturated rings. The first-order valence-electron chi connectivity index (χ1n) is 4.68. The Labute approximate surface area is 107 Å². The first kappa shape index (κ1) is 12.2. The van der Waals surface area contributed by atoms with Gasteiger partial charge in [0.25, 0.3) is 5.95 Å². The first-order chi connectivity index (χ1) is 8.29. The Morgan fingerprint density at radius 1 is 1.41 bits per heavy atom. The molecule has 2 rings (SSSR count). The van der Waals surface area contributed by atoms with Crippen molar-refractivity contribution in [3.8, 4) is 5.95 Å². The van der Waals surface area contributed by atoms with Crippen LogP contribution in [-0.4, -0.2) is 49.2 Å². The second kappa shape index (κ2) is 5.89. The first-order valence-corrected chi connectivity index (χ1v) is 6.04. The van der Waals surface area contributed by atoms with E-state index in [9.17, 15) is 0 Å².